The first-order chi connectivity index (χ1) is 13.6. The lowest BCUT2D eigenvalue weighted by atomic mass is 9.97. The minimum Gasteiger partial charge on any atom is -0.384 e. The van der Waals surface area contributed by atoms with E-state index in [1.807, 2.05) is 4.98 Å². The van der Waals surface area contributed by atoms with Crippen molar-refractivity contribution in [3.05, 3.63) is 45.0 Å². The monoisotopic (exact) mass is 445 g/mol. The van der Waals surface area contributed by atoms with Crippen LogP contribution in [-0.2, 0) is 30.2 Å². The number of carbonyl (C=O) groups is 2. The summed E-state index contributed by atoms with van der Waals surface area (Å²) < 4.78 is 37.1. The van der Waals surface area contributed by atoms with Crippen molar-refractivity contribution in [3.8, 4) is 0 Å². The number of aromatic nitrogens is 2. The average molecular weight is 445 g/mol. The molecule has 0 aromatic carbocycles. The molecule has 1 heterocycles. The highest BCUT2D eigenvalue weighted by atomic mass is 31.1. The van der Waals surface area contributed by atoms with Crippen LogP contribution in [0, 0.1) is 16.6 Å². The molecule has 0 aliphatic rings. The molecule has 1 unspecified atom stereocenters. The van der Waals surface area contributed by atoms with Gasteiger partial charge in [-0.2, -0.15) is 4.39 Å². The number of hydrogen-bond donors (Lipinski definition) is 1. The number of carbonyl (C=O) groups excluding carboxylic acids is 2. The molecule has 0 aliphatic carbocycles. The van der Waals surface area contributed by atoms with E-state index in [1.54, 1.807) is 41.5 Å². The summed E-state index contributed by atoms with van der Waals surface area (Å²) in [5.74, 6) is -2.48. The van der Waals surface area contributed by atoms with Crippen LogP contribution in [0.1, 0.15) is 41.5 Å². The number of hydrogen-bond acceptors (Lipinski definition) is 7. The standard InChI is InChI=1S/C19H26FN2O7P/c1-18(2,3)14(24)28-17(29-15(25)19(4,5)6)30(27)10-8-7-9-22-11-12(20)13(23)21-16(22)26/h7-8,11,17H,9-10H2,1-6H3/p+1/b8-7+. The second-order valence-corrected chi connectivity index (χ2v) is 10.2. The molecule has 0 aliphatic heterocycles. The van der Waals surface area contributed by atoms with E-state index in [9.17, 15) is 28.1 Å². The van der Waals surface area contributed by atoms with Gasteiger partial charge in [0.15, 0.2) is 6.16 Å². The molecule has 9 nitrogen and oxygen atoms in total. The van der Waals surface area contributed by atoms with Crippen LogP contribution in [0.2, 0.25) is 0 Å². The number of rotatable bonds is 7. The first-order valence-corrected chi connectivity index (χ1v) is 10.6. The van der Waals surface area contributed by atoms with E-state index < -0.39 is 53.7 Å². The van der Waals surface area contributed by atoms with Gasteiger partial charge < -0.3 is 9.47 Å². The van der Waals surface area contributed by atoms with Crippen LogP contribution in [0.5, 0.6) is 0 Å². The summed E-state index contributed by atoms with van der Waals surface area (Å²) in [4.78, 5) is 48.7. The number of aromatic amines is 1. The van der Waals surface area contributed by atoms with Gasteiger partial charge in [0.1, 0.15) is 0 Å². The molecule has 0 fully saturated rings. The molecule has 1 aromatic heterocycles. The van der Waals surface area contributed by atoms with Gasteiger partial charge >= 0.3 is 31.5 Å². The fourth-order valence-corrected chi connectivity index (χ4v) is 2.70. The topological polar surface area (TPSA) is 125 Å². The van der Waals surface area contributed by atoms with Crippen molar-refractivity contribution in [3.63, 3.8) is 0 Å². The minimum atomic E-state index is -2.35. The fourth-order valence-electron chi connectivity index (χ4n) is 1.75. The highest BCUT2D eigenvalue weighted by Gasteiger charge is 2.41. The van der Waals surface area contributed by atoms with Crippen LogP contribution >= 0.6 is 7.80 Å². The number of nitrogens with one attached hydrogen (secondary N) is 1. The number of nitrogens with zero attached hydrogens (tertiary/aromatic N) is 1. The zero-order valence-corrected chi connectivity index (χ0v) is 18.7. The Morgan fingerprint density at radius 2 is 1.60 bits per heavy atom. The molecular formula is C19H27FN2O7P+. The van der Waals surface area contributed by atoms with Crippen molar-refractivity contribution >= 4 is 19.7 Å². The molecule has 30 heavy (non-hydrogen) atoms. The van der Waals surface area contributed by atoms with Gasteiger partial charge in [0.2, 0.25) is 5.82 Å². The number of esters is 2. The van der Waals surface area contributed by atoms with Gasteiger partial charge in [0, 0.05) is 6.54 Å². The van der Waals surface area contributed by atoms with Crippen molar-refractivity contribution < 1.29 is 28.0 Å². The predicted molar refractivity (Wildman–Crippen MR) is 108 cm³/mol. The summed E-state index contributed by atoms with van der Waals surface area (Å²) in [5, 5.41) is 0. The average Bonchev–Trinajstić information content (AvgIpc) is 2.60. The molecule has 166 valence electrons. The Morgan fingerprint density at radius 3 is 2.07 bits per heavy atom. The maximum atomic E-state index is 13.3. The molecule has 0 saturated carbocycles. The highest BCUT2D eigenvalue weighted by Crippen LogP contribution is 2.34. The molecule has 0 radical (unpaired) electrons. The van der Waals surface area contributed by atoms with E-state index in [1.165, 1.54) is 12.2 Å². The summed E-state index contributed by atoms with van der Waals surface area (Å²) in [6, 6.07) is -1.57. The molecule has 1 N–H and O–H groups in total. The lowest BCUT2D eigenvalue weighted by molar-refractivity contribution is -0.184. The third-order valence-electron chi connectivity index (χ3n) is 3.60. The van der Waals surface area contributed by atoms with Crippen LogP contribution in [0.4, 0.5) is 4.39 Å². The Kier molecular flexibility index (Phi) is 8.42. The normalized spacial score (nSPS) is 12.9. The van der Waals surface area contributed by atoms with Crippen LogP contribution in [0.3, 0.4) is 0 Å². The van der Waals surface area contributed by atoms with Crippen molar-refractivity contribution in [2.75, 3.05) is 6.16 Å². The van der Waals surface area contributed by atoms with Gasteiger partial charge in [-0.3, -0.25) is 23.9 Å². The third kappa shape index (κ3) is 7.67. The highest BCUT2D eigenvalue weighted by molar-refractivity contribution is 7.45. The van der Waals surface area contributed by atoms with Gasteiger partial charge in [-0.15, -0.1) is 0 Å². The Labute approximate surface area is 174 Å². The Balaban J connectivity index is 2.88. The molecule has 1 atom stereocenters. The van der Waals surface area contributed by atoms with E-state index in [0.29, 0.717) is 0 Å². The van der Waals surface area contributed by atoms with Crippen LogP contribution < -0.4 is 11.2 Å². The van der Waals surface area contributed by atoms with Crippen LogP contribution in [0.15, 0.2) is 27.9 Å². The molecule has 0 spiro atoms. The lowest BCUT2D eigenvalue weighted by Crippen LogP contribution is -2.33. The predicted octanol–water partition coefficient (Wildman–Crippen LogP) is 2.52. The molecule has 1 aromatic rings. The molecule has 0 bridgehead atoms. The van der Waals surface area contributed by atoms with Crippen molar-refractivity contribution in [1.82, 2.24) is 9.55 Å². The maximum absolute atomic E-state index is 13.3. The first kappa shape index (κ1) is 25.4. The quantitative estimate of drug-likeness (QED) is 0.296. The zero-order valence-electron chi connectivity index (χ0n) is 17.9. The molecular weight excluding hydrogens is 418 g/mol. The van der Waals surface area contributed by atoms with Gasteiger partial charge in [-0.25, -0.2) is 4.79 Å². The second kappa shape index (κ2) is 9.93. The number of ether oxygens (including phenoxy) is 2. The zero-order chi connectivity index (χ0) is 23.3. The number of halogens is 1. The van der Waals surface area contributed by atoms with Gasteiger partial charge in [-0.05, 0) is 47.6 Å². The molecule has 1 rings (SSSR count). The Bertz CT molecular complexity index is 923. The summed E-state index contributed by atoms with van der Waals surface area (Å²) in [5.41, 5.74) is -3.71. The smallest absolute Gasteiger partial charge is 0.384 e. The molecule has 0 amide bonds. The van der Waals surface area contributed by atoms with Crippen molar-refractivity contribution in [2.24, 2.45) is 10.8 Å². The Hall–Kier alpha value is -2.61. The van der Waals surface area contributed by atoms with Gasteiger partial charge in [0.05, 0.1) is 17.0 Å². The lowest BCUT2D eigenvalue weighted by Gasteiger charge is -2.21. The number of H-pyrrole nitrogens is 1. The van der Waals surface area contributed by atoms with E-state index in [0.717, 1.165) is 10.8 Å². The number of allylic oxidation sites excluding steroid dienone is 2. The summed E-state index contributed by atoms with van der Waals surface area (Å²) in [7, 11) is -2.35. The SMILES string of the molecule is CC(C)(C)C(=O)OC(OC(=O)C(C)(C)C)[P+](=O)C/C=C/Cn1cc(F)c(=O)[nH]c1=O. The molecule has 11 heteroatoms. The van der Waals surface area contributed by atoms with Crippen LogP contribution in [0.25, 0.3) is 0 Å². The van der Waals surface area contributed by atoms with Gasteiger partial charge in [0.25, 0.3) is 5.56 Å². The van der Waals surface area contributed by atoms with Gasteiger partial charge in [-0.1, -0.05) is 10.6 Å². The van der Waals surface area contributed by atoms with E-state index >= 15 is 0 Å². The Morgan fingerprint density at radius 1 is 1.10 bits per heavy atom. The van der Waals surface area contributed by atoms with E-state index in [4.69, 9.17) is 9.47 Å². The molecule has 0 saturated heterocycles. The third-order valence-corrected chi connectivity index (χ3v) is 4.85. The van der Waals surface area contributed by atoms with Crippen molar-refractivity contribution in [1.29, 1.82) is 0 Å². The minimum absolute atomic E-state index is 0.0933. The van der Waals surface area contributed by atoms with Crippen LogP contribution in [-0.4, -0.2) is 33.7 Å². The first-order valence-electron chi connectivity index (χ1n) is 9.13. The summed E-state index contributed by atoms with van der Waals surface area (Å²) >= 11 is 0. The maximum Gasteiger partial charge on any atom is 0.451 e. The van der Waals surface area contributed by atoms with E-state index in [-0.39, 0.29) is 12.7 Å². The second-order valence-electron chi connectivity index (χ2n) is 8.58. The largest absolute Gasteiger partial charge is 0.451 e. The summed E-state index contributed by atoms with van der Waals surface area (Å²) in [6.07, 6.45) is 3.46. The fraction of sp³-hybridized carbons (Fsp3) is 0.579. The van der Waals surface area contributed by atoms with Crippen molar-refractivity contribution in [2.45, 2.75) is 54.1 Å². The summed E-state index contributed by atoms with van der Waals surface area (Å²) in [6.45, 7) is 9.53. The van der Waals surface area contributed by atoms with E-state index in [2.05, 4.69) is 0 Å².